The predicted molar refractivity (Wildman–Crippen MR) is 72.9 cm³/mol. The summed E-state index contributed by atoms with van der Waals surface area (Å²) in [5.41, 5.74) is 1.85. The van der Waals surface area contributed by atoms with Gasteiger partial charge in [0.2, 0.25) is 0 Å². The first-order valence-electron chi connectivity index (χ1n) is 6.62. The summed E-state index contributed by atoms with van der Waals surface area (Å²) in [4.78, 5) is 10.6. The van der Waals surface area contributed by atoms with Crippen LogP contribution < -0.4 is 5.32 Å². The number of hydrogen-bond acceptors (Lipinski definition) is 3. The largest absolute Gasteiger partial charge is 0.382 e. The molecule has 0 spiro atoms. The minimum absolute atomic E-state index is 0.199. The summed E-state index contributed by atoms with van der Waals surface area (Å²) in [7, 11) is 0. The third-order valence-corrected chi connectivity index (χ3v) is 3.98. The van der Waals surface area contributed by atoms with E-state index >= 15 is 0 Å². The van der Waals surface area contributed by atoms with Crippen molar-refractivity contribution in [3.8, 4) is 0 Å². The molecule has 0 heterocycles. The second-order valence-electron chi connectivity index (χ2n) is 5.14. The first kappa shape index (κ1) is 12.9. The van der Waals surface area contributed by atoms with Gasteiger partial charge in [0.25, 0.3) is 5.69 Å². The summed E-state index contributed by atoms with van der Waals surface area (Å²) in [6.45, 7) is 4.04. The normalized spacial score (nSPS) is 23.0. The third-order valence-electron chi connectivity index (χ3n) is 3.98. The van der Waals surface area contributed by atoms with Gasteiger partial charge in [-0.15, -0.1) is 0 Å². The minimum atomic E-state index is -0.315. The van der Waals surface area contributed by atoms with E-state index in [4.69, 9.17) is 0 Å². The summed E-state index contributed by atoms with van der Waals surface area (Å²) >= 11 is 0. The van der Waals surface area contributed by atoms with Gasteiger partial charge >= 0.3 is 0 Å². The van der Waals surface area contributed by atoms with Crippen molar-refractivity contribution in [2.45, 2.75) is 45.6 Å². The molecule has 1 aliphatic carbocycles. The quantitative estimate of drug-likeness (QED) is 0.649. The molecule has 1 aliphatic rings. The smallest absolute Gasteiger partial charge is 0.274 e. The maximum atomic E-state index is 10.9. The predicted octanol–water partition coefficient (Wildman–Crippen LogP) is 3.89. The summed E-state index contributed by atoms with van der Waals surface area (Å²) in [6.07, 6.45) is 4.84. The van der Waals surface area contributed by atoms with Gasteiger partial charge in [0, 0.05) is 23.4 Å². The minimum Gasteiger partial charge on any atom is -0.382 e. The lowest BCUT2D eigenvalue weighted by Gasteiger charge is -2.16. The molecule has 0 saturated heterocycles. The van der Waals surface area contributed by atoms with Gasteiger partial charge in [0.1, 0.15) is 0 Å². The number of nitrogens with one attached hydrogen (secondary N) is 1. The topological polar surface area (TPSA) is 55.2 Å². The number of anilines is 1. The van der Waals surface area contributed by atoms with Crippen molar-refractivity contribution in [1.82, 2.24) is 0 Å². The van der Waals surface area contributed by atoms with Crippen LogP contribution in [0.3, 0.4) is 0 Å². The molecule has 2 rings (SSSR count). The maximum Gasteiger partial charge on any atom is 0.274 e. The van der Waals surface area contributed by atoms with E-state index in [-0.39, 0.29) is 10.6 Å². The Morgan fingerprint density at radius 2 is 2.22 bits per heavy atom. The maximum absolute atomic E-state index is 10.9. The average molecular weight is 248 g/mol. The molecule has 1 N–H and O–H groups in total. The molecule has 2 unspecified atom stereocenters. The van der Waals surface area contributed by atoms with Crippen LogP contribution in [0.15, 0.2) is 18.2 Å². The van der Waals surface area contributed by atoms with E-state index in [0.717, 1.165) is 17.2 Å². The number of hydrogen-bond donors (Lipinski definition) is 1. The molecule has 0 aromatic heterocycles. The van der Waals surface area contributed by atoms with E-state index in [2.05, 4.69) is 12.2 Å². The summed E-state index contributed by atoms with van der Waals surface area (Å²) in [5.74, 6) is 0.807. The fraction of sp³-hybridized carbons (Fsp3) is 0.571. The van der Waals surface area contributed by atoms with E-state index in [1.165, 1.54) is 25.7 Å². The molecule has 1 aromatic rings. The molecule has 1 aromatic carbocycles. The Kier molecular flexibility index (Phi) is 3.84. The van der Waals surface area contributed by atoms with Crippen LogP contribution >= 0.6 is 0 Å². The number of nitro benzene ring substituents is 1. The van der Waals surface area contributed by atoms with Crippen LogP contribution in [-0.4, -0.2) is 11.0 Å². The molecule has 1 fully saturated rings. The lowest BCUT2D eigenvalue weighted by atomic mass is 10.1. The Hall–Kier alpha value is -1.58. The standard InChI is InChI=1S/C14H20N2O2/c1-3-11-7-8-12(9-11)15-13-5-4-6-14(10(13)2)16(17)18/h4-6,11-12,15H,3,7-9H2,1-2H3. The summed E-state index contributed by atoms with van der Waals surface area (Å²) in [5, 5.41) is 14.4. The molecular weight excluding hydrogens is 228 g/mol. The Bertz CT molecular complexity index is 445. The van der Waals surface area contributed by atoms with Gasteiger partial charge < -0.3 is 5.32 Å². The van der Waals surface area contributed by atoms with Gasteiger partial charge in [0.05, 0.1) is 4.92 Å². The lowest BCUT2D eigenvalue weighted by molar-refractivity contribution is -0.385. The lowest BCUT2D eigenvalue weighted by Crippen LogP contribution is -2.16. The Balaban J connectivity index is 2.10. The van der Waals surface area contributed by atoms with Gasteiger partial charge in [-0.2, -0.15) is 0 Å². The molecule has 0 aliphatic heterocycles. The molecule has 1 saturated carbocycles. The second-order valence-corrected chi connectivity index (χ2v) is 5.14. The van der Waals surface area contributed by atoms with E-state index in [1.54, 1.807) is 12.1 Å². The van der Waals surface area contributed by atoms with Crippen LogP contribution in [-0.2, 0) is 0 Å². The van der Waals surface area contributed by atoms with Crippen molar-refractivity contribution in [1.29, 1.82) is 0 Å². The highest BCUT2D eigenvalue weighted by molar-refractivity contribution is 5.60. The average Bonchev–Trinajstić information content (AvgIpc) is 2.79. The monoisotopic (exact) mass is 248 g/mol. The van der Waals surface area contributed by atoms with Crippen molar-refractivity contribution < 1.29 is 4.92 Å². The Morgan fingerprint density at radius 3 is 2.83 bits per heavy atom. The first-order valence-corrected chi connectivity index (χ1v) is 6.62. The Morgan fingerprint density at radius 1 is 1.44 bits per heavy atom. The molecule has 0 bridgehead atoms. The van der Waals surface area contributed by atoms with E-state index in [9.17, 15) is 10.1 Å². The highest BCUT2D eigenvalue weighted by Gasteiger charge is 2.24. The summed E-state index contributed by atoms with van der Waals surface area (Å²) < 4.78 is 0. The molecule has 2 atom stereocenters. The van der Waals surface area contributed by atoms with Gasteiger partial charge in [-0.3, -0.25) is 10.1 Å². The van der Waals surface area contributed by atoms with Gasteiger partial charge in [0.15, 0.2) is 0 Å². The van der Waals surface area contributed by atoms with Crippen LogP contribution in [0.25, 0.3) is 0 Å². The van der Waals surface area contributed by atoms with Crippen molar-refractivity contribution in [3.63, 3.8) is 0 Å². The first-order chi connectivity index (χ1) is 8.61. The van der Waals surface area contributed by atoms with Gasteiger partial charge in [-0.25, -0.2) is 0 Å². The number of nitro groups is 1. The molecular formula is C14H20N2O2. The van der Waals surface area contributed by atoms with E-state index in [0.29, 0.717) is 6.04 Å². The zero-order chi connectivity index (χ0) is 13.1. The van der Waals surface area contributed by atoms with Crippen LogP contribution in [0.1, 0.15) is 38.2 Å². The van der Waals surface area contributed by atoms with E-state index < -0.39 is 0 Å². The molecule has 98 valence electrons. The fourth-order valence-electron chi connectivity index (χ4n) is 2.77. The highest BCUT2D eigenvalue weighted by Crippen LogP contribution is 2.32. The number of nitrogens with zero attached hydrogens (tertiary/aromatic N) is 1. The zero-order valence-corrected chi connectivity index (χ0v) is 11.0. The van der Waals surface area contributed by atoms with Gasteiger partial charge in [-0.1, -0.05) is 19.4 Å². The van der Waals surface area contributed by atoms with Crippen molar-refractivity contribution in [2.75, 3.05) is 5.32 Å². The van der Waals surface area contributed by atoms with Crippen LogP contribution in [0.5, 0.6) is 0 Å². The molecule has 0 amide bonds. The van der Waals surface area contributed by atoms with Crippen LogP contribution in [0.2, 0.25) is 0 Å². The molecule has 18 heavy (non-hydrogen) atoms. The number of rotatable bonds is 4. The highest BCUT2D eigenvalue weighted by atomic mass is 16.6. The Labute approximate surface area is 108 Å². The van der Waals surface area contributed by atoms with Crippen molar-refractivity contribution in [2.24, 2.45) is 5.92 Å². The van der Waals surface area contributed by atoms with Crippen molar-refractivity contribution >= 4 is 11.4 Å². The molecule has 4 heteroatoms. The van der Waals surface area contributed by atoms with Crippen LogP contribution in [0.4, 0.5) is 11.4 Å². The second kappa shape index (κ2) is 5.38. The SMILES string of the molecule is CCC1CCC(Nc2cccc([N+](=O)[O-])c2C)C1. The molecule has 0 radical (unpaired) electrons. The summed E-state index contributed by atoms with van der Waals surface area (Å²) in [6, 6.07) is 5.71. The van der Waals surface area contributed by atoms with Crippen molar-refractivity contribution in [3.05, 3.63) is 33.9 Å². The zero-order valence-electron chi connectivity index (χ0n) is 11.0. The molecule has 4 nitrogen and oxygen atoms in total. The van der Waals surface area contributed by atoms with Crippen LogP contribution in [0, 0.1) is 23.0 Å². The fourth-order valence-corrected chi connectivity index (χ4v) is 2.77. The van der Waals surface area contributed by atoms with Gasteiger partial charge in [-0.05, 0) is 38.2 Å². The van der Waals surface area contributed by atoms with E-state index in [1.807, 2.05) is 13.0 Å². The number of benzene rings is 1. The third kappa shape index (κ3) is 2.63.